The summed E-state index contributed by atoms with van der Waals surface area (Å²) in [6, 6.07) is 1.91. The second-order valence-electron chi connectivity index (χ2n) is 7.20. The van der Waals surface area contributed by atoms with Gasteiger partial charge in [0, 0.05) is 45.1 Å². The molecular formula is C19H28N4O4. The molecule has 0 saturated carbocycles. The Kier molecular flexibility index (Phi) is 6.13. The molecule has 1 saturated heterocycles. The smallest absolute Gasteiger partial charge is 0.310 e. The van der Waals surface area contributed by atoms with E-state index in [4.69, 9.17) is 4.74 Å². The van der Waals surface area contributed by atoms with E-state index < -0.39 is 0 Å². The number of carbonyl (C=O) groups excluding carboxylic acids is 3. The van der Waals surface area contributed by atoms with Crippen LogP contribution in [0.2, 0.25) is 0 Å². The first kappa shape index (κ1) is 19.4. The number of amides is 2. The zero-order valence-electron chi connectivity index (χ0n) is 16.1. The van der Waals surface area contributed by atoms with E-state index >= 15 is 0 Å². The monoisotopic (exact) mass is 376 g/mol. The molecule has 8 nitrogen and oxygen atoms in total. The summed E-state index contributed by atoms with van der Waals surface area (Å²) in [6.45, 7) is 6.54. The Morgan fingerprint density at radius 1 is 1.15 bits per heavy atom. The van der Waals surface area contributed by atoms with E-state index in [-0.39, 0.29) is 36.5 Å². The second-order valence-corrected chi connectivity index (χ2v) is 7.20. The van der Waals surface area contributed by atoms with Crippen LogP contribution in [-0.2, 0) is 25.7 Å². The molecule has 0 unspecified atom stereocenters. The number of nitrogens with zero attached hydrogens (tertiary/aromatic N) is 4. The third-order valence-corrected chi connectivity index (χ3v) is 5.16. The van der Waals surface area contributed by atoms with Gasteiger partial charge >= 0.3 is 5.97 Å². The van der Waals surface area contributed by atoms with Gasteiger partial charge in [0.2, 0.25) is 11.8 Å². The SMILES string of the molecule is CCOC(=O)[C@@H]1CCCN(C(=O)CCC(=O)N2CCCn3nc(C)cc32)C1. The third kappa shape index (κ3) is 4.48. The standard InChI is InChI=1S/C19H28N4O4/c1-3-27-19(26)15-6-4-9-21(13-15)17(24)7-8-18(25)22-10-5-11-23-16(22)12-14(2)20-23/h12,15H,3-11,13H2,1-2H3/t15-/m1/s1. The first-order valence-electron chi connectivity index (χ1n) is 9.78. The number of esters is 1. The fourth-order valence-electron chi connectivity index (χ4n) is 3.82. The van der Waals surface area contributed by atoms with Crippen LogP contribution >= 0.6 is 0 Å². The number of ether oxygens (including phenoxy) is 1. The summed E-state index contributed by atoms with van der Waals surface area (Å²) in [5, 5.41) is 4.40. The van der Waals surface area contributed by atoms with Gasteiger partial charge in [-0.3, -0.25) is 19.3 Å². The van der Waals surface area contributed by atoms with Gasteiger partial charge in [0.1, 0.15) is 5.82 Å². The molecule has 1 aromatic rings. The molecule has 27 heavy (non-hydrogen) atoms. The van der Waals surface area contributed by atoms with Crippen molar-refractivity contribution in [3.63, 3.8) is 0 Å². The summed E-state index contributed by atoms with van der Waals surface area (Å²) >= 11 is 0. The molecule has 2 amide bonds. The summed E-state index contributed by atoms with van der Waals surface area (Å²) in [5.41, 5.74) is 0.888. The summed E-state index contributed by atoms with van der Waals surface area (Å²) in [5.74, 6) is 0.208. The maximum atomic E-state index is 12.7. The molecule has 0 aromatic carbocycles. The molecule has 3 rings (SSSR count). The summed E-state index contributed by atoms with van der Waals surface area (Å²) in [4.78, 5) is 40.6. The van der Waals surface area contributed by atoms with Gasteiger partial charge in [0.25, 0.3) is 0 Å². The molecule has 0 radical (unpaired) electrons. The van der Waals surface area contributed by atoms with Crippen LogP contribution in [0.1, 0.15) is 44.7 Å². The number of hydrogen-bond donors (Lipinski definition) is 0. The van der Waals surface area contributed by atoms with Gasteiger partial charge in [0.15, 0.2) is 0 Å². The summed E-state index contributed by atoms with van der Waals surface area (Å²) < 4.78 is 6.93. The van der Waals surface area contributed by atoms with Crippen molar-refractivity contribution in [2.24, 2.45) is 5.92 Å². The van der Waals surface area contributed by atoms with E-state index in [1.165, 1.54) is 0 Å². The highest BCUT2D eigenvalue weighted by Crippen LogP contribution is 2.23. The van der Waals surface area contributed by atoms with Crippen molar-refractivity contribution in [3.8, 4) is 0 Å². The van der Waals surface area contributed by atoms with Crippen LogP contribution in [0, 0.1) is 12.8 Å². The number of hydrogen-bond acceptors (Lipinski definition) is 5. The summed E-state index contributed by atoms with van der Waals surface area (Å²) in [6.07, 6.45) is 2.73. The van der Waals surface area contributed by atoms with Gasteiger partial charge in [-0.1, -0.05) is 0 Å². The Morgan fingerprint density at radius 3 is 2.70 bits per heavy atom. The summed E-state index contributed by atoms with van der Waals surface area (Å²) in [7, 11) is 0. The van der Waals surface area contributed by atoms with Crippen LogP contribution in [0.15, 0.2) is 6.07 Å². The Labute approximate surface area is 159 Å². The van der Waals surface area contributed by atoms with Crippen molar-refractivity contribution in [3.05, 3.63) is 11.8 Å². The molecular weight excluding hydrogens is 348 g/mol. The Morgan fingerprint density at radius 2 is 1.93 bits per heavy atom. The van der Waals surface area contributed by atoms with E-state index in [1.807, 2.05) is 17.7 Å². The van der Waals surface area contributed by atoms with Gasteiger partial charge in [-0.05, 0) is 33.1 Å². The zero-order chi connectivity index (χ0) is 19.4. The molecule has 0 spiro atoms. The normalized spacial score (nSPS) is 19.6. The molecule has 0 bridgehead atoms. The van der Waals surface area contributed by atoms with E-state index in [1.54, 1.807) is 16.7 Å². The molecule has 1 atom stereocenters. The minimum Gasteiger partial charge on any atom is -0.466 e. The van der Waals surface area contributed by atoms with Gasteiger partial charge in [0.05, 0.1) is 18.2 Å². The van der Waals surface area contributed by atoms with Crippen molar-refractivity contribution >= 4 is 23.6 Å². The van der Waals surface area contributed by atoms with Gasteiger partial charge in [-0.2, -0.15) is 5.10 Å². The number of rotatable bonds is 5. The predicted octanol–water partition coefficient (Wildman–Crippen LogP) is 1.51. The Bertz CT molecular complexity index is 715. The van der Waals surface area contributed by atoms with Crippen LogP contribution in [0.25, 0.3) is 0 Å². The number of aryl methyl sites for hydroxylation is 2. The quantitative estimate of drug-likeness (QED) is 0.727. The maximum absolute atomic E-state index is 12.7. The lowest BCUT2D eigenvalue weighted by molar-refractivity contribution is -0.151. The zero-order valence-corrected chi connectivity index (χ0v) is 16.1. The average molecular weight is 376 g/mol. The topological polar surface area (TPSA) is 84.7 Å². The number of piperidine rings is 1. The van der Waals surface area contributed by atoms with Crippen molar-refractivity contribution in [1.29, 1.82) is 0 Å². The largest absolute Gasteiger partial charge is 0.466 e. The minimum atomic E-state index is -0.252. The van der Waals surface area contributed by atoms with Crippen LogP contribution in [0.4, 0.5) is 5.82 Å². The molecule has 2 aliphatic heterocycles. The minimum absolute atomic E-state index is 0.0526. The maximum Gasteiger partial charge on any atom is 0.310 e. The van der Waals surface area contributed by atoms with Crippen molar-refractivity contribution in [1.82, 2.24) is 14.7 Å². The molecule has 3 heterocycles. The lowest BCUT2D eigenvalue weighted by Crippen LogP contribution is -2.43. The average Bonchev–Trinajstić information content (AvgIpc) is 3.06. The van der Waals surface area contributed by atoms with Gasteiger partial charge in [-0.15, -0.1) is 0 Å². The Hall–Kier alpha value is -2.38. The molecule has 0 N–H and O–H groups in total. The molecule has 148 valence electrons. The molecule has 1 fully saturated rings. The number of anilines is 1. The van der Waals surface area contributed by atoms with Crippen molar-refractivity contribution in [2.75, 3.05) is 31.1 Å². The number of fused-ring (bicyclic) bond motifs is 1. The Balaban J connectivity index is 1.53. The first-order valence-corrected chi connectivity index (χ1v) is 9.78. The van der Waals surface area contributed by atoms with E-state index in [9.17, 15) is 14.4 Å². The van der Waals surface area contributed by atoms with Crippen molar-refractivity contribution < 1.29 is 19.1 Å². The number of carbonyl (C=O) groups is 3. The lowest BCUT2D eigenvalue weighted by Gasteiger charge is -2.32. The van der Waals surface area contributed by atoms with Crippen LogP contribution in [0.5, 0.6) is 0 Å². The molecule has 1 aromatic heterocycles. The van der Waals surface area contributed by atoms with Crippen LogP contribution in [0.3, 0.4) is 0 Å². The van der Waals surface area contributed by atoms with Crippen molar-refractivity contribution in [2.45, 2.75) is 52.5 Å². The highest BCUT2D eigenvalue weighted by Gasteiger charge is 2.30. The first-order chi connectivity index (χ1) is 13.0. The molecule has 8 heteroatoms. The van der Waals surface area contributed by atoms with E-state index in [2.05, 4.69) is 5.10 Å². The fourth-order valence-corrected chi connectivity index (χ4v) is 3.82. The van der Waals surface area contributed by atoms with E-state index in [0.717, 1.165) is 37.3 Å². The fraction of sp³-hybridized carbons (Fsp3) is 0.684. The lowest BCUT2D eigenvalue weighted by atomic mass is 9.98. The van der Waals surface area contributed by atoms with Gasteiger partial charge < -0.3 is 9.64 Å². The third-order valence-electron chi connectivity index (χ3n) is 5.16. The predicted molar refractivity (Wildman–Crippen MR) is 99.1 cm³/mol. The molecule has 2 aliphatic rings. The number of likely N-dealkylation sites (tertiary alicyclic amines) is 1. The highest BCUT2D eigenvalue weighted by molar-refractivity contribution is 5.95. The van der Waals surface area contributed by atoms with Gasteiger partial charge in [-0.25, -0.2) is 4.68 Å². The van der Waals surface area contributed by atoms with Crippen LogP contribution < -0.4 is 4.90 Å². The van der Waals surface area contributed by atoms with Crippen LogP contribution in [-0.4, -0.2) is 58.7 Å². The van der Waals surface area contributed by atoms with E-state index in [0.29, 0.717) is 26.2 Å². The number of aromatic nitrogens is 2. The molecule has 0 aliphatic carbocycles. The highest BCUT2D eigenvalue weighted by atomic mass is 16.5. The second kappa shape index (κ2) is 8.54.